The molecule has 0 atom stereocenters. The molecule has 0 saturated carbocycles. The van der Waals surface area contributed by atoms with Crippen molar-refractivity contribution in [1.82, 2.24) is 24.6 Å². The summed E-state index contributed by atoms with van der Waals surface area (Å²) in [5.41, 5.74) is 5.51. The Kier molecular flexibility index (Phi) is 3.77. The molecule has 0 radical (unpaired) electrons. The summed E-state index contributed by atoms with van der Waals surface area (Å²) in [6, 6.07) is 3.06. The highest BCUT2D eigenvalue weighted by atomic mass is 16.2. The predicted octanol–water partition coefficient (Wildman–Crippen LogP) is -0.445. The number of nitrogens with zero attached hydrogens (tertiary/aromatic N) is 3. The third kappa shape index (κ3) is 2.77. The number of rotatable bonds is 3. The summed E-state index contributed by atoms with van der Waals surface area (Å²) in [6.45, 7) is 1.13. The molecule has 1 aliphatic rings. The van der Waals surface area contributed by atoms with E-state index in [0.29, 0.717) is 18.8 Å². The number of carbonyl (C=O) groups is 2. The van der Waals surface area contributed by atoms with Gasteiger partial charge in [0.2, 0.25) is 0 Å². The number of likely N-dealkylation sites (tertiary alicyclic amines) is 1. The largest absolute Gasteiger partial charge is 0.364 e. The lowest BCUT2D eigenvalue weighted by Crippen LogP contribution is -2.38. The lowest BCUT2D eigenvalue weighted by Gasteiger charge is -2.31. The van der Waals surface area contributed by atoms with Gasteiger partial charge in [0.25, 0.3) is 11.8 Å². The van der Waals surface area contributed by atoms with E-state index in [4.69, 9.17) is 5.73 Å². The maximum Gasteiger partial charge on any atom is 0.343 e. The van der Waals surface area contributed by atoms with Crippen molar-refractivity contribution < 1.29 is 9.59 Å². The van der Waals surface area contributed by atoms with E-state index in [9.17, 15) is 14.4 Å². The number of H-pyrrole nitrogens is 2. The lowest BCUT2D eigenvalue weighted by atomic mass is 9.96. The molecule has 0 unspecified atom stereocenters. The van der Waals surface area contributed by atoms with Gasteiger partial charge >= 0.3 is 5.69 Å². The van der Waals surface area contributed by atoms with E-state index in [0.717, 1.165) is 18.7 Å². The molecule has 23 heavy (non-hydrogen) atoms. The van der Waals surface area contributed by atoms with Crippen LogP contribution in [-0.4, -0.2) is 49.6 Å². The Bertz CT molecular complexity index is 794. The maximum absolute atomic E-state index is 12.4. The fraction of sp³-hybridized carbons (Fsp3) is 0.429. The monoisotopic (exact) mass is 318 g/mol. The zero-order valence-corrected chi connectivity index (χ0v) is 12.7. The number of primary amides is 1. The van der Waals surface area contributed by atoms with Gasteiger partial charge in [-0.3, -0.25) is 14.2 Å². The molecule has 122 valence electrons. The van der Waals surface area contributed by atoms with Crippen LogP contribution in [0.15, 0.2) is 16.9 Å². The van der Waals surface area contributed by atoms with Crippen LogP contribution in [0.1, 0.15) is 45.6 Å². The van der Waals surface area contributed by atoms with E-state index in [1.165, 1.54) is 10.6 Å². The summed E-state index contributed by atoms with van der Waals surface area (Å²) in [5.74, 6) is 0.111. The molecule has 2 amide bonds. The minimum absolute atomic E-state index is 0.146. The van der Waals surface area contributed by atoms with E-state index < -0.39 is 5.91 Å². The molecule has 9 heteroatoms. The average molecular weight is 318 g/mol. The second-order valence-corrected chi connectivity index (χ2v) is 5.66. The average Bonchev–Trinajstić information content (AvgIpc) is 3.16. The first-order chi connectivity index (χ1) is 11.0. The minimum atomic E-state index is -0.595. The normalized spacial score (nSPS) is 15.8. The fourth-order valence-corrected chi connectivity index (χ4v) is 2.90. The van der Waals surface area contributed by atoms with Gasteiger partial charge < -0.3 is 15.6 Å². The molecule has 1 saturated heterocycles. The number of piperidine rings is 1. The van der Waals surface area contributed by atoms with E-state index in [-0.39, 0.29) is 23.2 Å². The van der Waals surface area contributed by atoms with Crippen molar-refractivity contribution in [2.45, 2.75) is 18.8 Å². The third-order valence-electron chi connectivity index (χ3n) is 4.24. The van der Waals surface area contributed by atoms with Gasteiger partial charge in [-0.25, -0.2) is 9.89 Å². The molecule has 0 aliphatic carbocycles. The Balaban J connectivity index is 1.66. The molecule has 0 spiro atoms. The van der Waals surface area contributed by atoms with Crippen molar-refractivity contribution in [3.63, 3.8) is 0 Å². The Morgan fingerprint density at radius 3 is 2.43 bits per heavy atom. The molecule has 3 heterocycles. The highest BCUT2D eigenvalue weighted by molar-refractivity contribution is 5.96. The van der Waals surface area contributed by atoms with Gasteiger partial charge in [-0.1, -0.05) is 0 Å². The van der Waals surface area contributed by atoms with E-state index >= 15 is 0 Å². The SMILES string of the molecule is Cn1c(C2CCN(C(=O)c3ccc(C(N)=O)[nH]3)CC2)n[nH]c1=O. The third-order valence-corrected chi connectivity index (χ3v) is 4.24. The fourth-order valence-electron chi connectivity index (χ4n) is 2.90. The highest BCUT2D eigenvalue weighted by Crippen LogP contribution is 2.26. The van der Waals surface area contributed by atoms with E-state index in [2.05, 4.69) is 15.2 Å². The number of aromatic amines is 2. The quantitative estimate of drug-likeness (QED) is 0.708. The number of carbonyl (C=O) groups excluding carboxylic acids is 2. The van der Waals surface area contributed by atoms with Crippen molar-refractivity contribution in [3.05, 3.63) is 39.8 Å². The van der Waals surface area contributed by atoms with Crippen LogP contribution < -0.4 is 11.4 Å². The van der Waals surface area contributed by atoms with Crippen LogP contribution in [0.5, 0.6) is 0 Å². The van der Waals surface area contributed by atoms with Gasteiger partial charge in [0.05, 0.1) is 0 Å². The first-order valence-corrected chi connectivity index (χ1v) is 7.36. The van der Waals surface area contributed by atoms with Crippen molar-refractivity contribution in [2.24, 2.45) is 12.8 Å². The number of aromatic nitrogens is 4. The van der Waals surface area contributed by atoms with Gasteiger partial charge in [0, 0.05) is 26.1 Å². The molecule has 0 aromatic carbocycles. The molecule has 4 N–H and O–H groups in total. The summed E-state index contributed by atoms with van der Waals surface area (Å²) in [4.78, 5) is 39.4. The molecule has 3 rings (SSSR count). The topological polar surface area (TPSA) is 130 Å². The molecular formula is C14H18N6O3. The Morgan fingerprint density at radius 1 is 1.26 bits per heavy atom. The van der Waals surface area contributed by atoms with Gasteiger partial charge in [0.1, 0.15) is 17.2 Å². The Hall–Kier alpha value is -2.84. The zero-order chi connectivity index (χ0) is 16.6. The van der Waals surface area contributed by atoms with Crippen molar-refractivity contribution in [1.29, 1.82) is 0 Å². The van der Waals surface area contributed by atoms with Crippen molar-refractivity contribution >= 4 is 11.8 Å². The van der Waals surface area contributed by atoms with Crippen LogP contribution in [-0.2, 0) is 7.05 Å². The summed E-state index contributed by atoms with van der Waals surface area (Å²) < 4.78 is 1.51. The summed E-state index contributed by atoms with van der Waals surface area (Å²) >= 11 is 0. The molecular weight excluding hydrogens is 300 g/mol. The zero-order valence-electron chi connectivity index (χ0n) is 12.7. The van der Waals surface area contributed by atoms with Gasteiger partial charge in [-0.2, -0.15) is 5.10 Å². The van der Waals surface area contributed by atoms with Gasteiger partial charge in [-0.05, 0) is 25.0 Å². The Morgan fingerprint density at radius 2 is 1.91 bits per heavy atom. The second-order valence-electron chi connectivity index (χ2n) is 5.66. The standard InChI is InChI=1S/C14H18N6O3/c1-19-12(17-18-14(19)23)8-4-6-20(7-5-8)13(22)10-3-2-9(16-10)11(15)21/h2-3,8,16H,4-7H2,1H3,(H2,15,21)(H,18,23). The molecule has 2 aromatic heterocycles. The van der Waals surface area contributed by atoms with Crippen molar-refractivity contribution in [2.75, 3.05) is 13.1 Å². The molecule has 9 nitrogen and oxygen atoms in total. The van der Waals surface area contributed by atoms with Crippen LogP contribution in [0.4, 0.5) is 0 Å². The van der Waals surface area contributed by atoms with Crippen LogP contribution in [0.2, 0.25) is 0 Å². The first kappa shape index (κ1) is 15.1. The Labute approximate surface area is 131 Å². The van der Waals surface area contributed by atoms with Crippen LogP contribution in [0, 0.1) is 0 Å². The predicted molar refractivity (Wildman–Crippen MR) is 81.0 cm³/mol. The molecule has 2 aromatic rings. The number of hydrogen-bond acceptors (Lipinski definition) is 4. The number of nitrogens with two attached hydrogens (primary N) is 1. The smallest absolute Gasteiger partial charge is 0.343 e. The number of nitrogens with one attached hydrogen (secondary N) is 2. The highest BCUT2D eigenvalue weighted by Gasteiger charge is 2.28. The molecule has 1 aliphatic heterocycles. The van der Waals surface area contributed by atoms with Crippen molar-refractivity contribution in [3.8, 4) is 0 Å². The summed E-state index contributed by atoms with van der Waals surface area (Å²) in [7, 11) is 1.68. The number of amides is 2. The van der Waals surface area contributed by atoms with E-state index in [1.807, 2.05) is 0 Å². The van der Waals surface area contributed by atoms with Gasteiger partial charge in [-0.15, -0.1) is 0 Å². The van der Waals surface area contributed by atoms with Crippen LogP contribution in [0.25, 0.3) is 0 Å². The second kappa shape index (κ2) is 5.75. The first-order valence-electron chi connectivity index (χ1n) is 7.36. The van der Waals surface area contributed by atoms with E-state index in [1.54, 1.807) is 18.0 Å². The summed E-state index contributed by atoms with van der Waals surface area (Å²) in [6.07, 6.45) is 1.46. The number of hydrogen-bond donors (Lipinski definition) is 3. The van der Waals surface area contributed by atoms with Crippen LogP contribution in [0.3, 0.4) is 0 Å². The minimum Gasteiger partial charge on any atom is -0.364 e. The molecule has 1 fully saturated rings. The summed E-state index contributed by atoms with van der Waals surface area (Å²) in [5, 5.41) is 6.49. The lowest BCUT2D eigenvalue weighted by molar-refractivity contribution is 0.0705. The van der Waals surface area contributed by atoms with Crippen LogP contribution >= 0.6 is 0 Å². The molecule has 0 bridgehead atoms. The maximum atomic E-state index is 12.4. The van der Waals surface area contributed by atoms with Gasteiger partial charge in [0.15, 0.2) is 0 Å².